The minimum Gasteiger partial charge on any atom is -0.0836 e. The van der Waals surface area contributed by atoms with Crippen LogP contribution in [0.2, 0.25) is 0 Å². The van der Waals surface area contributed by atoms with E-state index in [1.54, 1.807) is 43.8 Å². The van der Waals surface area contributed by atoms with Gasteiger partial charge in [0, 0.05) is 16.2 Å². The monoisotopic (exact) mass is 492 g/mol. The van der Waals surface area contributed by atoms with Gasteiger partial charge in [-0.15, -0.1) is 0 Å². The van der Waals surface area contributed by atoms with Crippen LogP contribution in [0, 0.1) is 5.92 Å². The summed E-state index contributed by atoms with van der Waals surface area (Å²) in [4.78, 5) is 0. The van der Waals surface area contributed by atoms with E-state index in [1.807, 2.05) is 0 Å². The molecule has 188 valence electrons. The third kappa shape index (κ3) is 1.95. The van der Waals surface area contributed by atoms with Gasteiger partial charge in [-0.25, -0.2) is 0 Å². The zero-order valence-electron chi connectivity index (χ0n) is 24.0. The van der Waals surface area contributed by atoms with Gasteiger partial charge in [0.25, 0.3) is 0 Å². The van der Waals surface area contributed by atoms with Crippen molar-refractivity contribution in [2.75, 3.05) is 0 Å². The Bertz CT molecular complexity index is 1870. The summed E-state index contributed by atoms with van der Waals surface area (Å²) in [6, 6.07) is 17.2. The maximum absolute atomic E-state index is 2.52. The summed E-state index contributed by atoms with van der Waals surface area (Å²) in [5.74, 6) is 0.518. The predicted octanol–water partition coefficient (Wildman–Crippen LogP) is 9.85. The lowest BCUT2D eigenvalue weighted by atomic mass is 9.51. The predicted molar refractivity (Wildman–Crippen MR) is 161 cm³/mol. The standard InChI is InChI=1S/C38H36/c1-35(2)19-11-9-12-20-27(19)33-29-23(35)15-16-24-30(29)34-28-21(37(24,5)6)13-10-14-22(28)38(7,8)26-18-17-25(36(20,3)4)31(33)32(26)34/h9-13,15-18,22H,14H2,1-8H3. The van der Waals surface area contributed by atoms with E-state index in [2.05, 4.69) is 110 Å². The first kappa shape index (κ1) is 21.8. The quantitative estimate of drug-likeness (QED) is 0.214. The molecule has 0 N–H and O–H groups in total. The van der Waals surface area contributed by atoms with Crippen LogP contribution in [0.5, 0.6) is 0 Å². The third-order valence-electron chi connectivity index (χ3n) is 11.9. The van der Waals surface area contributed by atoms with E-state index in [1.165, 1.54) is 38.9 Å². The molecule has 0 aliphatic heterocycles. The molecule has 0 radical (unpaired) electrons. The van der Waals surface area contributed by atoms with Crippen molar-refractivity contribution in [2.45, 2.75) is 83.5 Å². The molecule has 0 saturated carbocycles. The van der Waals surface area contributed by atoms with Crippen LogP contribution in [0.15, 0.2) is 60.2 Å². The summed E-state index contributed by atoms with van der Waals surface area (Å²) in [5.41, 5.74) is 17.0. The molecule has 0 spiro atoms. The molecule has 0 saturated heterocycles. The van der Waals surface area contributed by atoms with Crippen molar-refractivity contribution in [1.29, 1.82) is 0 Å². The van der Waals surface area contributed by atoms with Crippen LogP contribution in [0.4, 0.5) is 0 Å². The molecule has 4 aromatic carbocycles. The summed E-state index contributed by atoms with van der Waals surface area (Å²) in [6.45, 7) is 19.9. The van der Waals surface area contributed by atoms with Crippen LogP contribution in [0.25, 0.3) is 38.2 Å². The molecule has 0 heteroatoms. The molecule has 4 aromatic rings. The fourth-order valence-corrected chi connectivity index (χ4v) is 9.83. The van der Waals surface area contributed by atoms with Crippen molar-refractivity contribution < 1.29 is 0 Å². The first-order chi connectivity index (χ1) is 17.9. The van der Waals surface area contributed by atoms with Crippen LogP contribution >= 0.6 is 0 Å². The number of benzene rings is 4. The highest BCUT2D eigenvalue weighted by Crippen LogP contribution is 2.67. The molecule has 9 rings (SSSR count). The maximum Gasteiger partial charge on any atom is 0.0159 e. The van der Waals surface area contributed by atoms with E-state index in [-0.39, 0.29) is 21.7 Å². The van der Waals surface area contributed by atoms with E-state index in [4.69, 9.17) is 0 Å². The van der Waals surface area contributed by atoms with Gasteiger partial charge in [-0.3, -0.25) is 0 Å². The first-order valence-electron chi connectivity index (χ1n) is 14.6. The van der Waals surface area contributed by atoms with Crippen molar-refractivity contribution in [3.05, 3.63) is 99.1 Å². The summed E-state index contributed by atoms with van der Waals surface area (Å²) in [7, 11) is 0. The molecule has 0 nitrogen and oxygen atoms in total. The van der Waals surface area contributed by atoms with E-state index in [0.717, 1.165) is 6.42 Å². The van der Waals surface area contributed by atoms with E-state index >= 15 is 0 Å². The summed E-state index contributed by atoms with van der Waals surface area (Å²) in [6.07, 6.45) is 6.08. The molecule has 1 unspecified atom stereocenters. The maximum atomic E-state index is 2.52. The number of allylic oxidation sites excluding steroid dienone is 4. The van der Waals surface area contributed by atoms with Crippen molar-refractivity contribution >= 4 is 27.1 Å². The minimum atomic E-state index is -0.0406. The molecule has 0 amide bonds. The van der Waals surface area contributed by atoms with Crippen molar-refractivity contribution in [3.63, 3.8) is 0 Å². The summed E-state index contributed by atoms with van der Waals surface area (Å²) in [5, 5.41) is 6.24. The molecular weight excluding hydrogens is 456 g/mol. The molecule has 0 fully saturated rings. The SMILES string of the molecule is CC1(C)C2=C3c4c5c1ccc1c5c5c6c(ccc(c46)C(C)(C)C3CC=C2)C(C)(C)c2cccc(c2-5)C1(C)C. The minimum absolute atomic E-state index is 0.0144. The second-order valence-electron chi connectivity index (χ2n) is 14.9. The van der Waals surface area contributed by atoms with Crippen molar-refractivity contribution in [3.8, 4) is 11.1 Å². The van der Waals surface area contributed by atoms with Crippen LogP contribution < -0.4 is 0 Å². The molecule has 0 heterocycles. The smallest absolute Gasteiger partial charge is 0.0159 e. The van der Waals surface area contributed by atoms with Gasteiger partial charge in [0.15, 0.2) is 0 Å². The fraction of sp³-hybridized carbons (Fsp3) is 0.368. The molecule has 0 bridgehead atoms. The van der Waals surface area contributed by atoms with Crippen molar-refractivity contribution in [1.82, 2.24) is 0 Å². The van der Waals surface area contributed by atoms with Gasteiger partial charge < -0.3 is 0 Å². The van der Waals surface area contributed by atoms with Gasteiger partial charge in [0.05, 0.1) is 0 Å². The molecule has 0 aromatic heterocycles. The Balaban J connectivity index is 1.70. The van der Waals surface area contributed by atoms with E-state index < -0.39 is 0 Å². The average Bonchev–Trinajstić information content (AvgIpc) is 2.87. The number of rotatable bonds is 0. The largest absolute Gasteiger partial charge is 0.0836 e. The van der Waals surface area contributed by atoms with Gasteiger partial charge >= 0.3 is 0 Å². The second-order valence-corrected chi connectivity index (χ2v) is 14.9. The topological polar surface area (TPSA) is 0 Å². The van der Waals surface area contributed by atoms with Crippen LogP contribution in [0.1, 0.15) is 101 Å². The van der Waals surface area contributed by atoms with Crippen molar-refractivity contribution in [2.24, 2.45) is 5.92 Å². The lowest BCUT2D eigenvalue weighted by Crippen LogP contribution is -2.40. The average molecular weight is 493 g/mol. The number of hydrogen-bond acceptors (Lipinski definition) is 0. The summed E-state index contributed by atoms with van der Waals surface area (Å²) >= 11 is 0. The Morgan fingerprint density at radius 2 is 1.03 bits per heavy atom. The highest BCUT2D eigenvalue weighted by atomic mass is 14.5. The van der Waals surface area contributed by atoms with Crippen LogP contribution in [0.3, 0.4) is 0 Å². The fourth-order valence-electron chi connectivity index (χ4n) is 9.83. The Morgan fingerprint density at radius 3 is 1.63 bits per heavy atom. The van der Waals surface area contributed by atoms with Crippen LogP contribution in [-0.4, -0.2) is 0 Å². The second kappa shape index (κ2) is 5.89. The van der Waals surface area contributed by atoms with Gasteiger partial charge in [-0.1, -0.05) is 110 Å². The zero-order chi connectivity index (χ0) is 26.3. The number of hydrogen-bond donors (Lipinski definition) is 0. The molecule has 1 atom stereocenters. The van der Waals surface area contributed by atoms with E-state index in [0.29, 0.717) is 5.92 Å². The Hall–Kier alpha value is -3.12. The van der Waals surface area contributed by atoms with Gasteiger partial charge in [0.2, 0.25) is 0 Å². The van der Waals surface area contributed by atoms with Crippen LogP contribution in [-0.2, 0) is 21.7 Å². The molecule has 5 aliphatic rings. The zero-order valence-corrected chi connectivity index (χ0v) is 24.0. The highest BCUT2D eigenvalue weighted by molar-refractivity contribution is 6.27. The lowest BCUT2D eigenvalue weighted by molar-refractivity contribution is 0.387. The van der Waals surface area contributed by atoms with Gasteiger partial charge in [-0.2, -0.15) is 0 Å². The Kier molecular flexibility index (Phi) is 3.37. The summed E-state index contributed by atoms with van der Waals surface area (Å²) < 4.78 is 0. The molecular formula is C38H36. The normalized spacial score (nSPS) is 24.6. The van der Waals surface area contributed by atoms with Gasteiger partial charge in [-0.05, 0) is 101 Å². The Labute approximate surface area is 226 Å². The Morgan fingerprint density at radius 1 is 0.526 bits per heavy atom. The first-order valence-corrected chi connectivity index (χ1v) is 14.6. The van der Waals surface area contributed by atoms with E-state index in [9.17, 15) is 0 Å². The molecule has 5 aliphatic carbocycles. The lowest BCUT2D eigenvalue weighted by Gasteiger charge is -2.52. The highest BCUT2D eigenvalue weighted by Gasteiger charge is 2.51. The van der Waals surface area contributed by atoms with Gasteiger partial charge in [0.1, 0.15) is 0 Å². The third-order valence-corrected chi connectivity index (χ3v) is 11.9. The molecule has 38 heavy (non-hydrogen) atoms.